The van der Waals surface area contributed by atoms with Gasteiger partial charge in [-0.05, 0) is 62.2 Å². The van der Waals surface area contributed by atoms with Gasteiger partial charge in [-0.2, -0.15) is 0 Å². The second-order valence-corrected chi connectivity index (χ2v) is 5.35. The van der Waals surface area contributed by atoms with Crippen molar-refractivity contribution < 1.29 is 4.74 Å². The second kappa shape index (κ2) is 8.10. The topological polar surface area (TPSA) is 65.0 Å². The van der Waals surface area contributed by atoms with E-state index in [1.807, 2.05) is 38.4 Å². The minimum Gasteiger partial charge on any atom is -0.492 e. The average molecular weight is 310 g/mol. The number of rotatable bonds is 8. The summed E-state index contributed by atoms with van der Waals surface area (Å²) in [7, 11) is 4.04. The number of nitrogens with one attached hydrogen (secondary N) is 2. The molecule has 0 radical (unpaired) electrons. The number of likely N-dealkylation sites (N-methyl/N-ethyl adjacent to an activating group) is 1. The van der Waals surface area contributed by atoms with E-state index in [9.17, 15) is 0 Å². The zero-order valence-electron chi connectivity index (χ0n) is 13.5. The standard InChI is InChI=1S/C18H22N4O/c1-4-15(19)7-10-18-20-13-17(21-18)14-5-8-16(9-6-14)23-12-11-22(2)3/h4-10,13,19H,1,11-12H2,2-3H3,(H,20,21)/b10-7-,19-15?. The number of imidazole rings is 1. The lowest BCUT2D eigenvalue weighted by molar-refractivity contribution is 0.261. The van der Waals surface area contributed by atoms with E-state index in [0.29, 0.717) is 18.1 Å². The van der Waals surface area contributed by atoms with E-state index in [0.717, 1.165) is 23.6 Å². The molecule has 0 atom stereocenters. The fraction of sp³-hybridized carbons (Fsp3) is 0.222. The quantitative estimate of drug-likeness (QED) is 0.736. The number of aromatic amines is 1. The maximum Gasteiger partial charge on any atom is 0.130 e. The third kappa shape index (κ3) is 5.23. The molecule has 2 N–H and O–H groups in total. The molecule has 5 heteroatoms. The number of aromatic nitrogens is 2. The molecule has 23 heavy (non-hydrogen) atoms. The van der Waals surface area contributed by atoms with Crippen LogP contribution in [0, 0.1) is 5.41 Å². The van der Waals surface area contributed by atoms with E-state index in [-0.39, 0.29) is 0 Å². The molecule has 0 aliphatic rings. The van der Waals surface area contributed by atoms with Gasteiger partial charge in [0.1, 0.15) is 18.2 Å². The van der Waals surface area contributed by atoms with Gasteiger partial charge >= 0.3 is 0 Å². The number of benzene rings is 1. The highest BCUT2D eigenvalue weighted by atomic mass is 16.5. The van der Waals surface area contributed by atoms with Crippen LogP contribution in [0.1, 0.15) is 5.82 Å². The number of hydrogen-bond donors (Lipinski definition) is 2. The number of nitrogens with zero attached hydrogens (tertiary/aromatic N) is 2. The molecule has 2 aromatic rings. The molecule has 1 heterocycles. The van der Waals surface area contributed by atoms with Crippen LogP contribution in [0.5, 0.6) is 5.75 Å². The first-order valence-corrected chi connectivity index (χ1v) is 7.40. The fourth-order valence-electron chi connectivity index (χ4n) is 1.88. The van der Waals surface area contributed by atoms with Gasteiger partial charge in [-0.15, -0.1) is 0 Å². The molecule has 0 spiro atoms. The summed E-state index contributed by atoms with van der Waals surface area (Å²) < 4.78 is 5.68. The maximum atomic E-state index is 7.50. The van der Waals surface area contributed by atoms with Crippen LogP contribution >= 0.6 is 0 Å². The normalized spacial score (nSPS) is 11.1. The number of allylic oxidation sites excluding steroid dienone is 2. The van der Waals surface area contributed by atoms with Gasteiger partial charge in [0.2, 0.25) is 0 Å². The summed E-state index contributed by atoms with van der Waals surface area (Å²) in [5.74, 6) is 1.56. The van der Waals surface area contributed by atoms with Gasteiger partial charge < -0.3 is 20.0 Å². The minimum absolute atomic E-state index is 0.349. The Labute approximate surface area is 136 Å². The third-order valence-corrected chi connectivity index (χ3v) is 3.21. The van der Waals surface area contributed by atoms with Crippen molar-refractivity contribution in [3.63, 3.8) is 0 Å². The van der Waals surface area contributed by atoms with Crippen LogP contribution in [0.25, 0.3) is 17.3 Å². The Bertz CT molecular complexity index is 683. The first kappa shape index (κ1) is 16.7. The molecule has 0 bridgehead atoms. The molecule has 0 aliphatic heterocycles. The van der Waals surface area contributed by atoms with Crippen molar-refractivity contribution >= 4 is 11.8 Å². The van der Waals surface area contributed by atoms with Crippen molar-refractivity contribution in [1.82, 2.24) is 14.9 Å². The van der Waals surface area contributed by atoms with Crippen molar-refractivity contribution in [2.45, 2.75) is 0 Å². The highest BCUT2D eigenvalue weighted by Crippen LogP contribution is 2.21. The molecule has 0 unspecified atom stereocenters. The van der Waals surface area contributed by atoms with Crippen LogP contribution in [0.4, 0.5) is 0 Å². The van der Waals surface area contributed by atoms with Crippen molar-refractivity contribution in [3.8, 4) is 17.0 Å². The lowest BCUT2D eigenvalue weighted by Crippen LogP contribution is -2.19. The Kier molecular flexibility index (Phi) is 5.88. The van der Waals surface area contributed by atoms with Gasteiger partial charge in [-0.1, -0.05) is 6.58 Å². The van der Waals surface area contributed by atoms with E-state index < -0.39 is 0 Å². The zero-order valence-corrected chi connectivity index (χ0v) is 13.5. The predicted molar refractivity (Wildman–Crippen MR) is 95.0 cm³/mol. The summed E-state index contributed by atoms with van der Waals surface area (Å²) in [6.07, 6.45) is 6.66. The average Bonchev–Trinajstić information content (AvgIpc) is 3.02. The van der Waals surface area contributed by atoms with Crippen molar-refractivity contribution in [1.29, 1.82) is 5.41 Å². The highest BCUT2D eigenvalue weighted by Gasteiger charge is 2.02. The summed E-state index contributed by atoms with van der Waals surface area (Å²) in [6, 6.07) is 7.90. The smallest absolute Gasteiger partial charge is 0.130 e. The van der Waals surface area contributed by atoms with Crippen LogP contribution in [-0.2, 0) is 0 Å². The van der Waals surface area contributed by atoms with Crippen LogP contribution in [0.2, 0.25) is 0 Å². The molecular weight excluding hydrogens is 288 g/mol. The molecule has 0 fully saturated rings. The van der Waals surface area contributed by atoms with Crippen LogP contribution in [-0.4, -0.2) is 47.8 Å². The number of ether oxygens (including phenoxy) is 1. The largest absolute Gasteiger partial charge is 0.492 e. The lowest BCUT2D eigenvalue weighted by Gasteiger charge is -2.11. The Hall–Kier alpha value is -2.66. The zero-order chi connectivity index (χ0) is 16.7. The van der Waals surface area contributed by atoms with Gasteiger partial charge in [-0.25, -0.2) is 4.98 Å². The van der Waals surface area contributed by atoms with Crippen LogP contribution in [0.3, 0.4) is 0 Å². The molecule has 0 saturated heterocycles. The minimum atomic E-state index is 0.349. The Balaban J connectivity index is 1.99. The molecule has 2 rings (SSSR count). The lowest BCUT2D eigenvalue weighted by atomic mass is 10.2. The van der Waals surface area contributed by atoms with Crippen LogP contribution in [0.15, 0.2) is 49.2 Å². The highest BCUT2D eigenvalue weighted by molar-refractivity contribution is 6.03. The predicted octanol–water partition coefficient (Wildman–Crippen LogP) is 3.24. The second-order valence-electron chi connectivity index (χ2n) is 5.35. The van der Waals surface area contributed by atoms with E-state index in [1.54, 1.807) is 18.3 Å². The molecule has 0 amide bonds. The number of H-pyrrole nitrogens is 1. The first-order chi connectivity index (χ1) is 11.1. The third-order valence-electron chi connectivity index (χ3n) is 3.21. The maximum absolute atomic E-state index is 7.50. The molecule has 1 aromatic heterocycles. The van der Waals surface area contributed by atoms with Gasteiger partial charge in [0.25, 0.3) is 0 Å². The van der Waals surface area contributed by atoms with Gasteiger partial charge in [0.05, 0.1) is 17.6 Å². The Morgan fingerprint density at radius 3 is 2.74 bits per heavy atom. The van der Waals surface area contributed by atoms with Crippen molar-refractivity contribution in [2.24, 2.45) is 0 Å². The Morgan fingerprint density at radius 1 is 1.35 bits per heavy atom. The molecule has 5 nitrogen and oxygen atoms in total. The summed E-state index contributed by atoms with van der Waals surface area (Å²) >= 11 is 0. The Morgan fingerprint density at radius 2 is 2.09 bits per heavy atom. The number of hydrogen-bond acceptors (Lipinski definition) is 4. The van der Waals surface area contributed by atoms with E-state index in [2.05, 4.69) is 21.4 Å². The van der Waals surface area contributed by atoms with Gasteiger partial charge in [-0.3, -0.25) is 0 Å². The van der Waals surface area contributed by atoms with E-state index in [1.165, 1.54) is 6.08 Å². The molecular formula is C18H22N4O. The summed E-state index contributed by atoms with van der Waals surface area (Å²) in [5.41, 5.74) is 2.31. The van der Waals surface area contributed by atoms with E-state index >= 15 is 0 Å². The molecule has 0 aliphatic carbocycles. The van der Waals surface area contributed by atoms with E-state index in [4.69, 9.17) is 10.1 Å². The fourth-order valence-corrected chi connectivity index (χ4v) is 1.88. The van der Waals surface area contributed by atoms with Crippen molar-refractivity contribution in [2.75, 3.05) is 27.2 Å². The monoisotopic (exact) mass is 310 g/mol. The van der Waals surface area contributed by atoms with Crippen molar-refractivity contribution in [3.05, 3.63) is 55.0 Å². The summed E-state index contributed by atoms with van der Waals surface area (Å²) in [5, 5.41) is 7.50. The SMILES string of the molecule is C=CC(=N)/C=C\c1ncc(-c2ccc(OCCN(C)C)cc2)[nH]1. The van der Waals surface area contributed by atoms with Gasteiger partial charge in [0.15, 0.2) is 0 Å². The summed E-state index contributed by atoms with van der Waals surface area (Å²) in [4.78, 5) is 9.57. The molecule has 1 aromatic carbocycles. The molecule has 120 valence electrons. The first-order valence-electron chi connectivity index (χ1n) is 7.40. The van der Waals surface area contributed by atoms with Crippen LogP contribution < -0.4 is 4.74 Å². The summed E-state index contributed by atoms with van der Waals surface area (Å²) in [6.45, 7) is 5.10. The molecule has 0 saturated carbocycles. The van der Waals surface area contributed by atoms with Gasteiger partial charge in [0, 0.05) is 6.54 Å².